The van der Waals surface area contributed by atoms with E-state index in [-0.39, 0.29) is 35.9 Å². The van der Waals surface area contributed by atoms with E-state index >= 15 is 0 Å². The van der Waals surface area contributed by atoms with E-state index in [1.165, 1.54) is 24.7 Å². The van der Waals surface area contributed by atoms with E-state index in [2.05, 4.69) is 0 Å². The number of furan rings is 2. The summed E-state index contributed by atoms with van der Waals surface area (Å²) in [6, 6.07) is 13.0. The zero-order valence-electron chi connectivity index (χ0n) is 23.9. The molecule has 6 aromatic rings. The van der Waals surface area contributed by atoms with Gasteiger partial charge in [-0.25, -0.2) is 9.59 Å². The van der Waals surface area contributed by atoms with Crippen LogP contribution in [0.15, 0.2) is 88.3 Å². The van der Waals surface area contributed by atoms with Gasteiger partial charge in [0.2, 0.25) is 11.5 Å². The fourth-order valence-corrected chi connectivity index (χ4v) is 4.82. The van der Waals surface area contributed by atoms with E-state index in [4.69, 9.17) is 31.9 Å². The minimum Gasteiger partial charge on any atom is -0.483 e. The lowest BCUT2D eigenvalue weighted by Gasteiger charge is -2.39. The van der Waals surface area contributed by atoms with Gasteiger partial charge in [-0.05, 0) is 64.1 Å². The first-order valence-corrected chi connectivity index (χ1v) is 13.6. The zero-order valence-corrected chi connectivity index (χ0v) is 23.9. The van der Waals surface area contributed by atoms with Gasteiger partial charge in [-0.15, -0.1) is 0 Å². The van der Waals surface area contributed by atoms with Gasteiger partial charge in [0.25, 0.3) is 0 Å². The van der Waals surface area contributed by atoms with E-state index in [9.17, 15) is 19.8 Å². The summed E-state index contributed by atoms with van der Waals surface area (Å²) in [7, 11) is 0. The fourth-order valence-electron chi connectivity index (χ4n) is 4.82. The standard InChI is InChI=1S/C32H30O11/c1-31(2,36)22(16-40-30-26-20(10-12-38-26)14-18-6-8-24(35)42-28(18)30)43-32(3,4)21(33)15-39-29-25-19(9-11-37-25)13-17-5-7-23(34)41-27(17)29/h5-14,21-22,33,36H,15-16H2,1-4H3. The lowest BCUT2D eigenvalue weighted by molar-refractivity contribution is -0.197. The van der Waals surface area contributed by atoms with Crippen molar-refractivity contribution in [2.24, 2.45) is 0 Å². The maximum absolute atomic E-state index is 12.0. The van der Waals surface area contributed by atoms with Gasteiger partial charge in [-0.3, -0.25) is 0 Å². The Morgan fingerprint density at radius 1 is 0.698 bits per heavy atom. The number of hydrogen-bond acceptors (Lipinski definition) is 11. The fraction of sp³-hybridized carbons (Fsp3) is 0.312. The van der Waals surface area contributed by atoms with Crippen molar-refractivity contribution < 1.29 is 42.1 Å². The van der Waals surface area contributed by atoms with Crippen LogP contribution >= 0.6 is 0 Å². The molecule has 0 amide bonds. The third kappa shape index (κ3) is 5.50. The third-order valence-electron chi connectivity index (χ3n) is 7.37. The Kier molecular flexibility index (Phi) is 7.04. The monoisotopic (exact) mass is 590 g/mol. The Balaban J connectivity index is 1.24. The molecule has 0 aliphatic rings. The quantitative estimate of drug-likeness (QED) is 0.204. The Labute approximate surface area is 243 Å². The topological polar surface area (TPSA) is 155 Å². The molecule has 4 aromatic heterocycles. The Hall–Kier alpha value is -4.58. The van der Waals surface area contributed by atoms with Crippen LogP contribution in [0.4, 0.5) is 0 Å². The van der Waals surface area contributed by atoms with Crippen molar-refractivity contribution in [3.8, 4) is 11.5 Å². The molecule has 2 N–H and O–H groups in total. The summed E-state index contributed by atoms with van der Waals surface area (Å²) in [5, 5.41) is 24.9. The molecule has 11 nitrogen and oxygen atoms in total. The summed E-state index contributed by atoms with van der Waals surface area (Å²) < 4.78 is 40.4. The lowest BCUT2D eigenvalue weighted by Crippen LogP contribution is -2.52. The third-order valence-corrected chi connectivity index (χ3v) is 7.37. The van der Waals surface area contributed by atoms with Gasteiger partial charge in [0, 0.05) is 33.7 Å². The van der Waals surface area contributed by atoms with E-state index in [0.717, 1.165) is 10.8 Å². The maximum atomic E-state index is 12.0. The summed E-state index contributed by atoms with van der Waals surface area (Å²) in [6.07, 6.45) is 0.791. The number of hydrogen-bond donors (Lipinski definition) is 2. The van der Waals surface area contributed by atoms with Crippen LogP contribution < -0.4 is 20.7 Å². The maximum Gasteiger partial charge on any atom is 0.336 e. The van der Waals surface area contributed by atoms with E-state index in [0.29, 0.717) is 21.9 Å². The highest BCUT2D eigenvalue weighted by Gasteiger charge is 2.39. The van der Waals surface area contributed by atoms with Crippen LogP contribution in [0.3, 0.4) is 0 Å². The molecular formula is C32H30O11. The number of ether oxygens (including phenoxy) is 3. The van der Waals surface area contributed by atoms with E-state index < -0.39 is 34.7 Å². The number of rotatable bonds is 10. The SMILES string of the molecule is CC(C)(O)C(COc1c2occc2cc2ccc(=O)oc12)OC(C)(C)C(O)COc1c2occc2cc2ccc(=O)oc12. The van der Waals surface area contributed by atoms with Crippen molar-refractivity contribution in [3.63, 3.8) is 0 Å². The van der Waals surface area contributed by atoms with Gasteiger partial charge in [0.1, 0.15) is 25.4 Å². The van der Waals surface area contributed by atoms with Gasteiger partial charge in [0.15, 0.2) is 22.3 Å². The van der Waals surface area contributed by atoms with Crippen LogP contribution in [0, 0.1) is 0 Å². The highest BCUT2D eigenvalue weighted by molar-refractivity contribution is 6.00. The molecule has 11 heteroatoms. The van der Waals surface area contributed by atoms with E-state index in [1.54, 1.807) is 58.0 Å². The van der Waals surface area contributed by atoms with E-state index in [1.807, 2.05) is 6.07 Å². The van der Waals surface area contributed by atoms with Crippen molar-refractivity contribution in [1.82, 2.24) is 0 Å². The second-order valence-corrected chi connectivity index (χ2v) is 11.4. The van der Waals surface area contributed by atoms with Crippen LogP contribution in [-0.4, -0.2) is 46.8 Å². The number of aliphatic hydroxyl groups excluding tert-OH is 1. The molecule has 224 valence electrons. The van der Waals surface area contributed by atoms with Gasteiger partial charge in [-0.2, -0.15) is 0 Å². The molecule has 2 aromatic carbocycles. The molecule has 43 heavy (non-hydrogen) atoms. The summed E-state index contributed by atoms with van der Waals surface area (Å²) in [6.45, 7) is 5.95. The lowest BCUT2D eigenvalue weighted by atomic mass is 9.97. The molecule has 4 heterocycles. The average molecular weight is 591 g/mol. The molecule has 2 atom stereocenters. The predicted octanol–water partition coefficient (Wildman–Crippen LogP) is 5.15. The van der Waals surface area contributed by atoms with Gasteiger partial charge >= 0.3 is 11.3 Å². The van der Waals surface area contributed by atoms with Gasteiger partial charge in [-0.1, -0.05) is 0 Å². The molecule has 0 fully saturated rings. The molecule has 2 unspecified atom stereocenters. The molecular weight excluding hydrogens is 560 g/mol. The Morgan fingerprint density at radius 3 is 1.65 bits per heavy atom. The number of benzene rings is 2. The van der Waals surface area contributed by atoms with Crippen LogP contribution in [-0.2, 0) is 4.74 Å². The first-order valence-electron chi connectivity index (χ1n) is 13.6. The van der Waals surface area contributed by atoms with Crippen molar-refractivity contribution in [3.05, 3.63) is 81.9 Å². The second kappa shape index (κ2) is 10.6. The number of fused-ring (bicyclic) bond motifs is 4. The smallest absolute Gasteiger partial charge is 0.336 e. The predicted molar refractivity (Wildman–Crippen MR) is 157 cm³/mol. The average Bonchev–Trinajstić information content (AvgIpc) is 3.61. The van der Waals surface area contributed by atoms with Gasteiger partial charge < -0.3 is 42.1 Å². The highest BCUT2D eigenvalue weighted by Crippen LogP contribution is 2.37. The van der Waals surface area contributed by atoms with Crippen molar-refractivity contribution >= 4 is 43.9 Å². The van der Waals surface area contributed by atoms with Gasteiger partial charge in [0.05, 0.1) is 23.7 Å². The molecule has 0 saturated heterocycles. The largest absolute Gasteiger partial charge is 0.483 e. The second-order valence-electron chi connectivity index (χ2n) is 11.4. The molecule has 0 spiro atoms. The molecule has 0 radical (unpaired) electrons. The summed E-state index contributed by atoms with van der Waals surface area (Å²) in [5.41, 5.74) is -2.69. The van der Waals surface area contributed by atoms with Crippen LogP contribution in [0.5, 0.6) is 11.5 Å². The first kappa shape index (κ1) is 28.5. The molecule has 0 aliphatic heterocycles. The zero-order chi connectivity index (χ0) is 30.5. The van der Waals surface area contributed by atoms with Crippen LogP contribution in [0.25, 0.3) is 43.9 Å². The molecule has 0 aliphatic carbocycles. The van der Waals surface area contributed by atoms with Crippen molar-refractivity contribution in [1.29, 1.82) is 0 Å². The Morgan fingerprint density at radius 2 is 1.16 bits per heavy atom. The minimum absolute atomic E-state index is 0.173. The normalized spacial score (nSPS) is 14.1. The first-order chi connectivity index (χ1) is 20.4. The molecule has 6 rings (SSSR count). The molecule has 0 saturated carbocycles. The van der Waals surface area contributed by atoms with Crippen LogP contribution in [0.2, 0.25) is 0 Å². The summed E-state index contributed by atoms with van der Waals surface area (Å²) >= 11 is 0. The number of aliphatic hydroxyl groups is 2. The summed E-state index contributed by atoms with van der Waals surface area (Å²) in [4.78, 5) is 23.9. The van der Waals surface area contributed by atoms with Crippen molar-refractivity contribution in [2.45, 2.75) is 51.1 Å². The highest BCUT2D eigenvalue weighted by atomic mass is 16.6. The van der Waals surface area contributed by atoms with Crippen molar-refractivity contribution in [2.75, 3.05) is 13.2 Å². The summed E-state index contributed by atoms with van der Waals surface area (Å²) in [5.74, 6) is 0.363. The molecule has 0 bridgehead atoms. The minimum atomic E-state index is -1.43. The Bertz CT molecular complexity index is 2050. The van der Waals surface area contributed by atoms with Crippen LogP contribution in [0.1, 0.15) is 27.7 Å².